The molecule has 2 unspecified atom stereocenters. The molecule has 0 bridgehead atoms. The molecule has 0 aromatic rings. The fraction of sp³-hybridized carbons (Fsp3) is 0.833. The fourth-order valence-corrected chi connectivity index (χ4v) is 1.53. The van der Waals surface area contributed by atoms with E-state index in [4.69, 9.17) is 0 Å². The maximum atomic E-state index is 11.2. The van der Waals surface area contributed by atoms with Crippen LogP contribution >= 0.6 is 0 Å². The van der Waals surface area contributed by atoms with Gasteiger partial charge in [0.1, 0.15) is 0 Å². The maximum Gasteiger partial charge on any atom is 0.227 e. The van der Waals surface area contributed by atoms with Crippen molar-refractivity contribution in [3.05, 3.63) is 0 Å². The molecule has 62 valence electrons. The van der Waals surface area contributed by atoms with Gasteiger partial charge in [0, 0.05) is 6.54 Å². The van der Waals surface area contributed by atoms with E-state index in [9.17, 15) is 4.79 Å². The van der Waals surface area contributed by atoms with Crippen molar-refractivity contribution in [1.82, 2.24) is 21.5 Å². The van der Waals surface area contributed by atoms with Crippen LogP contribution in [0.25, 0.3) is 0 Å². The van der Waals surface area contributed by atoms with E-state index in [1.807, 2.05) is 0 Å². The lowest BCUT2D eigenvalue weighted by atomic mass is 9.98. The van der Waals surface area contributed by atoms with Gasteiger partial charge in [-0.3, -0.25) is 15.5 Å². The molecule has 2 rings (SSSR count). The quantitative estimate of drug-likeness (QED) is 0.331. The second-order valence-corrected chi connectivity index (χ2v) is 2.87. The Kier molecular flexibility index (Phi) is 1.77. The van der Waals surface area contributed by atoms with Gasteiger partial charge in [-0.25, -0.2) is 5.43 Å². The van der Waals surface area contributed by atoms with Gasteiger partial charge in [-0.1, -0.05) is 0 Å². The zero-order valence-electron chi connectivity index (χ0n) is 6.18. The van der Waals surface area contributed by atoms with Crippen molar-refractivity contribution in [1.29, 1.82) is 0 Å². The van der Waals surface area contributed by atoms with Crippen molar-refractivity contribution in [3.8, 4) is 0 Å². The highest BCUT2D eigenvalue weighted by molar-refractivity contribution is 5.80. The van der Waals surface area contributed by atoms with Gasteiger partial charge in [-0.2, -0.15) is 0 Å². The van der Waals surface area contributed by atoms with E-state index in [1.165, 1.54) is 0 Å². The third-order valence-corrected chi connectivity index (χ3v) is 2.16. The number of fused-ring (bicyclic) bond motifs is 1. The monoisotopic (exact) mass is 156 g/mol. The number of amides is 1. The molecule has 2 aliphatic rings. The highest BCUT2D eigenvalue weighted by Gasteiger charge is 2.33. The Balaban J connectivity index is 2.05. The minimum absolute atomic E-state index is 0.0880. The molecule has 2 heterocycles. The number of hydrogen-bond donors (Lipinski definition) is 4. The predicted molar refractivity (Wildman–Crippen MR) is 39.2 cm³/mol. The van der Waals surface area contributed by atoms with E-state index >= 15 is 0 Å². The largest absolute Gasteiger partial charge is 0.343 e. The van der Waals surface area contributed by atoms with Gasteiger partial charge in [0.05, 0.1) is 18.8 Å². The summed E-state index contributed by atoms with van der Waals surface area (Å²) in [5.41, 5.74) is 6.04. The van der Waals surface area contributed by atoms with Crippen LogP contribution in [-0.4, -0.2) is 25.3 Å². The van der Waals surface area contributed by atoms with Crippen LogP contribution in [0.2, 0.25) is 0 Å². The van der Waals surface area contributed by atoms with Gasteiger partial charge in [0.25, 0.3) is 0 Å². The molecule has 2 fully saturated rings. The van der Waals surface area contributed by atoms with Crippen LogP contribution in [0, 0.1) is 5.92 Å². The number of carbonyl (C=O) groups excluding carboxylic acids is 1. The minimum atomic E-state index is 0.0880. The SMILES string of the molecule is O=C1NCNC2NNCCC12. The number of carbonyl (C=O) groups is 1. The molecule has 1 amide bonds. The number of hydrogen-bond acceptors (Lipinski definition) is 4. The normalized spacial score (nSPS) is 37.6. The number of nitrogens with one attached hydrogen (secondary N) is 4. The first-order chi connectivity index (χ1) is 5.38. The Morgan fingerprint density at radius 3 is 3.18 bits per heavy atom. The zero-order chi connectivity index (χ0) is 7.68. The molecule has 4 N–H and O–H groups in total. The lowest BCUT2D eigenvalue weighted by Gasteiger charge is -2.36. The molecule has 0 radical (unpaired) electrons. The minimum Gasteiger partial charge on any atom is -0.343 e. The summed E-state index contributed by atoms with van der Waals surface area (Å²) >= 11 is 0. The van der Waals surface area contributed by atoms with Gasteiger partial charge in [-0.05, 0) is 6.42 Å². The Hall–Kier alpha value is -0.650. The first-order valence-corrected chi connectivity index (χ1v) is 3.87. The molecular weight excluding hydrogens is 144 g/mol. The summed E-state index contributed by atoms with van der Waals surface area (Å²) in [5.74, 6) is 0.243. The molecule has 11 heavy (non-hydrogen) atoms. The van der Waals surface area contributed by atoms with Gasteiger partial charge in [0.2, 0.25) is 5.91 Å². The molecule has 0 spiro atoms. The molecule has 2 atom stereocenters. The number of hydrazine groups is 1. The summed E-state index contributed by atoms with van der Waals surface area (Å²) in [6.07, 6.45) is 1.01. The van der Waals surface area contributed by atoms with Crippen LogP contribution in [0.4, 0.5) is 0 Å². The third kappa shape index (κ3) is 1.22. The van der Waals surface area contributed by atoms with E-state index in [0.717, 1.165) is 13.0 Å². The molecule has 0 aromatic heterocycles. The van der Waals surface area contributed by atoms with Gasteiger partial charge < -0.3 is 5.32 Å². The average Bonchev–Trinajstić information content (AvgIpc) is 2.06. The van der Waals surface area contributed by atoms with Crippen molar-refractivity contribution in [3.63, 3.8) is 0 Å². The van der Waals surface area contributed by atoms with E-state index in [-0.39, 0.29) is 18.0 Å². The molecule has 0 saturated carbocycles. The topological polar surface area (TPSA) is 65.2 Å². The van der Waals surface area contributed by atoms with Crippen LogP contribution < -0.4 is 21.5 Å². The lowest BCUT2D eigenvalue weighted by Crippen LogP contribution is -2.66. The predicted octanol–water partition coefficient (Wildman–Crippen LogP) is -1.90. The Labute approximate surface area is 64.9 Å². The average molecular weight is 156 g/mol. The highest BCUT2D eigenvalue weighted by atomic mass is 16.2. The van der Waals surface area contributed by atoms with Crippen molar-refractivity contribution in [2.45, 2.75) is 12.6 Å². The first-order valence-electron chi connectivity index (χ1n) is 3.87. The van der Waals surface area contributed by atoms with E-state index < -0.39 is 0 Å². The third-order valence-electron chi connectivity index (χ3n) is 2.16. The first kappa shape index (κ1) is 7.02. The zero-order valence-corrected chi connectivity index (χ0v) is 6.18. The summed E-state index contributed by atoms with van der Waals surface area (Å²) in [7, 11) is 0. The van der Waals surface area contributed by atoms with Crippen molar-refractivity contribution in [2.24, 2.45) is 5.92 Å². The summed E-state index contributed by atoms with van der Waals surface area (Å²) in [5, 5.41) is 5.91. The van der Waals surface area contributed by atoms with Crippen LogP contribution in [-0.2, 0) is 4.79 Å². The molecule has 2 saturated heterocycles. The summed E-state index contributed by atoms with van der Waals surface area (Å²) in [4.78, 5) is 11.2. The lowest BCUT2D eigenvalue weighted by molar-refractivity contribution is -0.129. The second-order valence-electron chi connectivity index (χ2n) is 2.87. The maximum absolute atomic E-state index is 11.2. The molecule has 5 nitrogen and oxygen atoms in total. The highest BCUT2D eigenvalue weighted by Crippen LogP contribution is 2.11. The standard InChI is InChI=1S/C6H12N4O/c11-6-4-1-2-9-10-5(4)7-3-8-6/h4-5,7,9-10H,1-3H2,(H,8,11). The Morgan fingerprint density at radius 2 is 2.36 bits per heavy atom. The van der Waals surface area contributed by atoms with E-state index in [2.05, 4.69) is 21.5 Å². The molecule has 2 aliphatic heterocycles. The smallest absolute Gasteiger partial charge is 0.227 e. The molecule has 0 aromatic carbocycles. The Bertz CT molecular complexity index is 170. The van der Waals surface area contributed by atoms with Crippen LogP contribution in [0.15, 0.2) is 0 Å². The molecule has 5 heteroatoms. The number of rotatable bonds is 0. The van der Waals surface area contributed by atoms with Crippen molar-refractivity contribution in [2.75, 3.05) is 13.2 Å². The summed E-state index contributed by atoms with van der Waals surface area (Å²) in [6.45, 7) is 1.42. The van der Waals surface area contributed by atoms with Crippen molar-refractivity contribution < 1.29 is 4.79 Å². The van der Waals surface area contributed by atoms with E-state index in [0.29, 0.717) is 6.67 Å². The van der Waals surface area contributed by atoms with Gasteiger partial charge in [0.15, 0.2) is 0 Å². The van der Waals surface area contributed by atoms with Crippen LogP contribution in [0.5, 0.6) is 0 Å². The molecule has 0 aliphatic carbocycles. The fourth-order valence-electron chi connectivity index (χ4n) is 1.53. The van der Waals surface area contributed by atoms with Crippen molar-refractivity contribution >= 4 is 5.91 Å². The second kappa shape index (κ2) is 2.77. The summed E-state index contributed by atoms with van der Waals surface area (Å²) < 4.78 is 0. The van der Waals surface area contributed by atoms with Crippen LogP contribution in [0.3, 0.4) is 0 Å². The molecular formula is C6H12N4O. The summed E-state index contributed by atoms with van der Waals surface area (Å²) in [6, 6.07) is 0. The van der Waals surface area contributed by atoms with Crippen LogP contribution in [0.1, 0.15) is 6.42 Å². The van der Waals surface area contributed by atoms with E-state index in [1.54, 1.807) is 0 Å². The Morgan fingerprint density at radius 1 is 1.45 bits per heavy atom. The van der Waals surface area contributed by atoms with Gasteiger partial charge in [-0.15, -0.1) is 0 Å². The van der Waals surface area contributed by atoms with Gasteiger partial charge >= 0.3 is 0 Å².